The third-order valence-electron chi connectivity index (χ3n) is 2.17. The summed E-state index contributed by atoms with van der Waals surface area (Å²) in [5.74, 6) is -1.03. The van der Waals surface area contributed by atoms with Gasteiger partial charge in [0.2, 0.25) is 0 Å². The maximum absolute atomic E-state index is 10.8. The molecule has 0 aliphatic rings. The minimum absolute atomic E-state index is 0. The first-order chi connectivity index (χ1) is 6.61. The van der Waals surface area contributed by atoms with E-state index in [9.17, 15) is 9.90 Å². The van der Waals surface area contributed by atoms with Crippen LogP contribution >= 0.6 is 0 Å². The van der Waals surface area contributed by atoms with Crippen LogP contribution in [0, 0.1) is 0 Å². The van der Waals surface area contributed by atoms with Gasteiger partial charge in [-0.25, -0.2) is 0 Å². The fraction of sp³-hybridized carbons (Fsp3) is 0.364. The predicted molar refractivity (Wildman–Crippen MR) is 52.6 cm³/mol. The topological polar surface area (TPSA) is 43.4 Å². The van der Waals surface area contributed by atoms with Gasteiger partial charge in [0.1, 0.15) is 0 Å². The van der Waals surface area contributed by atoms with Gasteiger partial charge in [-0.05, 0) is 26.1 Å². The van der Waals surface area contributed by atoms with Crippen LogP contribution in [0.1, 0.15) is 5.56 Å². The summed E-state index contributed by atoms with van der Waals surface area (Å²) in [5, 5.41) is 10.8. The Bertz CT molecular complexity index is 301. The first-order valence-corrected chi connectivity index (χ1v) is 4.52. The number of carbonyl (C=O) groups is 1. The second-order valence-corrected chi connectivity index (χ2v) is 3.49. The van der Waals surface area contributed by atoms with Crippen molar-refractivity contribution < 1.29 is 61.3 Å². The molecule has 1 aromatic rings. The molecule has 0 fully saturated rings. The van der Waals surface area contributed by atoms with E-state index in [2.05, 4.69) is 0 Å². The van der Waals surface area contributed by atoms with Crippen molar-refractivity contribution in [3.05, 3.63) is 35.9 Å². The molecule has 1 atom stereocenters. The standard InChI is InChI=1S/C11H15NO2.K/c1-12(2)10(11(13)14)8-9-6-4-3-5-7-9;/h3-7,10H,8H2,1-2H3,(H,13,14);/q;+1/p-1. The summed E-state index contributed by atoms with van der Waals surface area (Å²) < 4.78 is 0. The first-order valence-electron chi connectivity index (χ1n) is 4.52. The molecule has 0 aliphatic carbocycles. The molecule has 0 radical (unpaired) electrons. The van der Waals surface area contributed by atoms with Gasteiger partial charge in [-0.15, -0.1) is 0 Å². The number of carboxylic acid groups (broad SMARTS) is 1. The van der Waals surface area contributed by atoms with E-state index in [1.54, 1.807) is 19.0 Å². The number of rotatable bonds is 4. The molecule has 3 nitrogen and oxygen atoms in total. The van der Waals surface area contributed by atoms with Crippen LogP contribution in [-0.2, 0) is 11.2 Å². The summed E-state index contributed by atoms with van der Waals surface area (Å²) in [4.78, 5) is 12.4. The molecule has 1 rings (SSSR count). The van der Waals surface area contributed by atoms with Crippen molar-refractivity contribution in [2.24, 2.45) is 0 Å². The monoisotopic (exact) mass is 231 g/mol. The van der Waals surface area contributed by atoms with Crippen LogP contribution in [0.4, 0.5) is 0 Å². The maximum Gasteiger partial charge on any atom is 1.00 e. The summed E-state index contributed by atoms with van der Waals surface area (Å²) in [5.41, 5.74) is 1.01. The van der Waals surface area contributed by atoms with E-state index in [4.69, 9.17) is 0 Å². The molecular weight excluding hydrogens is 217 g/mol. The number of aliphatic carboxylic acids is 1. The molecule has 0 heterocycles. The number of carboxylic acids is 1. The number of hydrogen-bond acceptors (Lipinski definition) is 3. The molecule has 0 saturated heterocycles. The molecule has 0 aliphatic heterocycles. The van der Waals surface area contributed by atoms with E-state index in [0.29, 0.717) is 6.42 Å². The zero-order valence-electron chi connectivity index (χ0n) is 9.43. The van der Waals surface area contributed by atoms with Crippen LogP contribution in [0.2, 0.25) is 0 Å². The second-order valence-electron chi connectivity index (χ2n) is 3.49. The number of hydrogen-bond donors (Lipinski definition) is 0. The average molecular weight is 231 g/mol. The van der Waals surface area contributed by atoms with Gasteiger partial charge in [0.05, 0.1) is 12.0 Å². The number of nitrogens with zero attached hydrogens (tertiary/aromatic N) is 1. The molecule has 0 saturated carbocycles. The predicted octanol–water partition coefficient (Wildman–Crippen LogP) is -3.09. The molecule has 0 amide bonds. The third kappa shape index (κ3) is 5.24. The zero-order chi connectivity index (χ0) is 10.6. The average Bonchev–Trinajstić information content (AvgIpc) is 2.15. The molecule has 1 aromatic carbocycles. The van der Waals surface area contributed by atoms with Crippen molar-refractivity contribution in [3.8, 4) is 0 Å². The van der Waals surface area contributed by atoms with Gasteiger partial charge in [-0.1, -0.05) is 30.3 Å². The van der Waals surface area contributed by atoms with Gasteiger partial charge in [0, 0.05) is 0 Å². The van der Waals surface area contributed by atoms with E-state index in [1.807, 2.05) is 30.3 Å². The SMILES string of the molecule is CN(C)C(Cc1ccccc1)C(=O)[O-].[K+]. The van der Waals surface area contributed by atoms with Gasteiger partial charge in [0.25, 0.3) is 0 Å². The largest absolute Gasteiger partial charge is 1.00 e. The van der Waals surface area contributed by atoms with E-state index in [-0.39, 0.29) is 51.4 Å². The second kappa shape index (κ2) is 7.54. The fourth-order valence-electron chi connectivity index (χ4n) is 1.31. The van der Waals surface area contributed by atoms with E-state index in [1.165, 1.54) is 0 Å². The quantitative estimate of drug-likeness (QED) is 0.516. The Balaban J connectivity index is 0.00000196. The summed E-state index contributed by atoms with van der Waals surface area (Å²) >= 11 is 0. The Morgan fingerprint density at radius 2 is 1.87 bits per heavy atom. The van der Waals surface area contributed by atoms with Crippen molar-refractivity contribution in [2.75, 3.05) is 14.1 Å². The summed E-state index contributed by atoms with van der Waals surface area (Å²) in [6.07, 6.45) is 0.482. The van der Waals surface area contributed by atoms with Crippen LogP contribution in [0.3, 0.4) is 0 Å². The van der Waals surface area contributed by atoms with Crippen molar-refractivity contribution >= 4 is 5.97 Å². The Kier molecular flexibility index (Phi) is 7.69. The molecule has 0 bridgehead atoms. The summed E-state index contributed by atoms with van der Waals surface area (Å²) in [7, 11) is 3.48. The Hall–Kier alpha value is 0.286. The van der Waals surface area contributed by atoms with Gasteiger partial charge in [-0.2, -0.15) is 0 Å². The van der Waals surface area contributed by atoms with Gasteiger partial charge < -0.3 is 14.8 Å². The van der Waals surface area contributed by atoms with Crippen LogP contribution in [0.15, 0.2) is 30.3 Å². The third-order valence-corrected chi connectivity index (χ3v) is 2.17. The van der Waals surface area contributed by atoms with Gasteiger partial charge in [-0.3, -0.25) is 0 Å². The smallest absolute Gasteiger partial charge is 0.548 e. The Labute approximate surface area is 133 Å². The van der Waals surface area contributed by atoms with Gasteiger partial charge in [0.15, 0.2) is 0 Å². The molecule has 15 heavy (non-hydrogen) atoms. The molecule has 0 N–H and O–H groups in total. The first kappa shape index (κ1) is 15.3. The number of likely N-dealkylation sites (N-methyl/N-ethyl adjacent to an activating group) is 1. The van der Waals surface area contributed by atoms with Crippen LogP contribution in [0.25, 0.3) is 0 Å². The van der Waals surface area contributed by atoms with Crippen molar-refractivity contribution in [2.45, 2.75) is 12.5 Å². The number of carbonyl (C=O) groups excluding carboxylic acids is 1. The van der Waals surface area contributed by atoms with Crippen LogP contribution < -0.4 is 56.5 Å². The molecule has 0 spiro atoms. The van der Waals surface area contributed by atoms with Crippen molar-refractivity contribution in [1.29, 1.82) is 0 Å². The minimum atomic E-state index is -1.03. The van der Waals surface area contributed by atoms with Crippen molar-refractivity contribution in [3.63, 3.8) is 0 Å². The number of benzene rings is 1. The molecule has 76 valence electrons. The van der Waals surface area contributed by atoms with Gasteiger partial charge >= 0.3 is 51.4 Å². The normalized spacial score (nSPS) is 11.9. The van der Waals surface area contributed by atoms with Crippen LogP contribution in [-0.4, -0.2) is 31.0 Å². The summed E-state index contributed by atoms with van der Waals surface area (Å²) in [6.45, 7) is 0. The summed E-state index contributed by atoms with van der Waals surface area (Å²) in [6, 6.07) is 8.98. The molecule has 1 unspecified atom stereocenters. The van der Waals surface area contributed by atoms with E-state index >= 15 is 0 Å². The van der Waals surface area contributed by atoms with Crippen LogP contribution in [0.5, 0.6) is 0 Å². The fourth-order valence-corrected chi connectivity index (χ4v) is 1.31. The Morgan fingerprint density at radius 3 is 2.27 bits per heavy atom. The minimum Gasteiger partial charge on any atom is -0.548 e. The molecular formula is C11H14KNO2. The molecule has 0 aromatic heterocycles. The van der Waals surface area contributed by atoms with E-state index in [0.717, 1.165) is 5.56 Å². The van der Waals surface area contributed by atoms with Crippen molar-refractivity contribution in [1.82, 2.24) is 4.90 Å². The van der Waals surface area contributed by atoms with E-state index < -0.39 is 12.0 Å². The zero-order valence-corrected chi connectivity index (χ0v) is 12.6. The Morgan fingerprint density at radius 1 is 1.33 bits per heavy atom. The molecule has 4 heteroatoms. The maximum atomic E-state index is 10.8.